The van der Waals surface area contributed by atoms with Crippen molar-refractivity contribution in [3.05, 3.63) is 0 Å². The van der Waals surface area contributed by atoms with E-state index in [1.54, 1.807) is 7.11 Å². The molecule has 1 rings (SSSR count). The number of ether oxygens (including phenoxy) is 1. The van der Waals surface area contributed by atoms with Crippen LogP contribution in [0.3, 0.4) is 0 Å². The lowest BCUT2D eigenvalue weighted by Crippen LogP contribution is -2.48. The summed E-state index contributed by atoms with van der Waals surface area (Å²) in [5, 5.41) is 0. The minimum atomic E-state index is 0.317. The molecular weight excluding hydrogens is 164 g/mol. The van der Waals surface area contributed by atoms with Crippen molar-refractivity contribution >= 4 is 0 Å². The SMILES string of the molecule is COC(C)CN1CC(C)CC(N)C1. The van der Waals surface area contributed by atoms with Crippen molar-refractivity contribution in [2.24, 2.45) is 11.7 Å². The van der Waals surface area contributed by atoms with Crippen LogP contribution in [0.25, 0.3) is 0 Å². The molecule has 3 heteroatoms. The van der Waals surface area contributed by atoms with E-state index in [1.807, 2.05) is 0 Å². The van der Waals surface area contributed by atoms with Crippen molar-refractivity contribution in [1.29, 1.82) is 0 Å². The number of rotatable bonds is 3. The third-order valence-corrected chi connectivity index (χ3v) is 2.69. The maximum absolute atomic E-state index is 5.95. The highest BCUT2D eigenvalue weighted by Gasteiger charge is 2.22. The van der Waals surface area contributed by atoms with Crippen molar-refractivity contribution in [3.8, 4) is 0 Å². The standard InChI is InChI=1S/C10H22N2O/c1-8-4-10(11)7-12(5-8)6-9(2)13-3/h8-10H,4-7,11H2,1-3H3. The highest BCUT2D eigenvalue weighted by Crippen LogP contribution is 2.15. The van der Waals surface area contributed by atoms with Gasteiger partial charge >= 0.3 is 0 Å². The van der Waals surface area contributed by atoms with Crippen LogP contribution in [-0.2, 0) is 4.74 Å². The van der Waals surface area contributed by atoms with E-state index >= 15 is 0 Å². The fraction of sp³-hybridized carbons (Fsp3) is 1.00. The zero-order valence-corrected chi connectivity index (χ0v) is 8.99. The molecule has 0 aliphatic carbocycles. The topological polar surface area (TPSA) is 38.5 Å². The Morgan fingerprint density at radius 2 is 2.23 bits per heavy atom. The van der Waals surface area contributed by atoms with Gasteiger partial charge in [0, 0.05) is 32.8 Å². The first-order valence-electron chi connectivity index (χ1n) is 5.12. The number of hydrogen-bond acceptors (Lipinski definition) is 3. The molecule has 1 heterocycles. The molecule has 0 bridgehead atoms. The van der Waals surface area contributed by atoms with Crippen molar-refractivity contribution < 1.29 is 4.74 Å². The summed E-state index contributed by atoms with van der Waals surface area (Å²) >= 11 is 0. The van der Waals surface area contributed by atoms with Gasteiger partial charge in [0.2, 0.25) is 0 Å². The van der Waals surface area contributed by atoms with Gasteiger partial charge in [-0.2, -0.15) is 0 Å². The van der Waals surface area contributed by atoms with Gasteiger partial charge in [0.1, 0.15) is 0 Å². The number of likely N-dealkylation sites (tertiary alicyclic amines) is 1. The van der Waals surface area contributed by atoms with E-state index in [0.29, 0.717) is 12.1 Å². The molecule has 0 saturated carbocycles. The number of piperidine rings is 1. The van der Waals surface area contributed by atoms with Crippen molar-refractivity contribution in [3.63, 3.8) is 0 Å². The molecule has 0 aromatic rings. The lowest BCUT2D eigenvalue weighted by Gasteiger charge is -2.35. The average molecular weight is 186 g/mol. The van der Waals surface area contributed by atoms with E-state index in [-0.39, 0.29) is 0 Å². The van der Waals surface area contributed by atoms with Gasteiger partial charge in [-0.25, -0.2) is 0 Å². The average Bonchev–Trinajstić information content (AvgIpc) is 2.02. The summed E-state index contributed by atoms with van der Waals surface area (Å²) < 4.78 is 5.24. The lowest BCUT2D eigenvalue weighted by atomic mass is 9.96. The number of methoxy groups -OCH3 is 1. The Labute approximate surface area is 81.2 Å². The fourth-order valence-corrected chi connectivity index (χ4v) is 2.10. The van der Waals surface area contributed by atoms with Gasteiger partial charge in [-0.05, 0) is 19.3 Å². The molecule has 1 aliphatic heterocycles. The zero-order chi connectivity index (χ0) is 9.84. The zero-order valence-electron chi connectivity index (χ0n) is 8.99. The van der Waals surface area contributed by atoms with Crippen LogP contribution < -0.4 is 5.73 Å². The van der Waals surface area contributed by atoms with Gasteiger partial charge in [-0.3, -0.25) is 4.90 Å². The molecule has 0 radical (unpaired) electrons. The number of nitrogens with zero attached hydrogens (tertiary/aromatic N) is 1. The molecule has 1 aliphatic rings. The first kappa shape index (κ1) is 11.0. The summed E-state index contributed by atoms with van der Waals surface area (Å²) in [5.41, 5.74) is 5.95. The molecule has 0 aromatic carbocycles. The largest absolute Gasteiger partial charge is 0.380 e. The Morgan fingerprint density at radius 1 is 1.54 bits per heavy atom. The van der Waals surface area contributed by atoms with Gasteiger partial charge in [0.25, 0.3) is 0 Å². The molecule has 2 N–H and O–H groups in total. The van der Waals surface area contributed by atoms with Gasteiger partial charge < -0.3 is 10.5 Å². The summed E-state index contributed by atoms with van der Waals surface area (Å²) in [7, 11) is 1.76. The van der Waals surface area contributed by atoms with Crippen LogP contribution in [0.5, 0.6) is 0 Å². The smallest absolute Gasteiger partial charge is 0.0670 e. The second-order valence-corrected chi connectivity index (χ2v) is 4.37. The van der Waals surface area contributed by atoms with Crippen LogP contribution in [0.15, 0.2) is 0 Å². The minimum Gasteiger partial charge on any atom is -0.380 e. The predicted molar refractivity (Wildman–Crippen MR) is 54.7 cm³/mol. The van der Waals surface area contributed by atoms with Crippen LogP contribution in [0, 0.1) is 5.92 Å². The van der Waals surface area contributed by atoms with Crippen LogP contribution in [0.1, 0.15) is 20.3 Å². The summed E-state index contributed by atoms with van der Waals surface area (Å²) in [4.78, 5) is 2.41. The third-order valence-electron chi connectivity index (χ3n) is 2.69. The summed E-state index contributed by atoms with van der Waals surface area (Å²) in [6.45, 7) is 7.57. The van der Waals surface area contributed by atoms with E-state index in [1.165, 1.54) is 6.54 Å². The second kappa shape index (κ2) is 4.94. The molecule has 13 heavy (non-hydrogen) atoms. The Kier molecular flexibility index (Phi) is 4.16. The molecule has 1 saturated heterocycles. The van der Waals surface area contributed by atoms with E-state index in [0.717, 1.165) is 25.4 Å². The molecule has 1 fully saturated rings. The Hall–Kier alpha value is -0.120. The summed E-state index contributed by atoms with van der Waals surface area (Å²) in [6, 6.07) is 0.354. The second-order valence-electron chi connectivity index (χ2n) is 4.37. The Morgan fingerprint density at radius 3 is 2.77 bits per heavy atom. The first-order valence-corrected chi connectivity index (χ1v) is 5.12. The highest BCUT2D eigenvalue weighted by molar-refractivity contribution is 4.79. The minimum absolute atomic E-state index is 0.317. The first-order chi connectivity index (χ1) is 6.11. The monoisotopic (exact) mass is 186 g/mol. The fourth-order valence-electron chi connectivity index (χ4n) is 2.10. The summed E-state index contributed by atoms with van der Waals surface area (Å²) in [5.74, 6) is 0.729. The molecule has 3 nitrogen and oxygen atoms in total. The van der Waals surface area contributed by atoms with Gasteiger partial charge in [-0.15, -0.1) is 0 Å². The molecule has 78 valence electrons. The Bertz CT molecular complexity index is 142. The van der Waals surface area contributed by atoms with E-state index in [9.17, 15) is 0 Å². The van der Waals surface area contributed by atoms with Crippen molar-refractivity contribution in [2.75, 3.05) is 26.7 Å². The molecule has 0 aromatic heterocycles. The van der Waals surface area contributed by atoms with Crippen LogP contribution >= 0.6 is 0 Å². The molecule has 3 unspecified atom stereocenters. The molecule has 0 spiro atoms. The van der Waals surface area contributed by atoms with Crippen LogP contribution in [0.4, 0.5) is 0 Å². The van der Waals surface area contributed by atoms with E-state index in [4.69, 9.17) is 10.5 Å². The van der Waals surface area contributed by atoms with Crippen LogP contribution in [0.2, 0.25) is 0 Å². The summed E-state index contributed by atoms with van der Waals surface area (Å²) in [6.07, 6.45) is 1.48. The Balaban J connectivity index is 2.32. The molecule has 3 atom stereocenters. The van der Waals surface area contributed by atoms with Gasteiger partial charge in [0.15, 0.2) is 0 Å². The number of nitrogens with two attached hydrogens (primary N) is 1. The quantitative estimate of drug-likeness (QED) is 0.705. The van der Waals surface area contributed by atoms with E-state index in [2.05, 4.69) is 18.7 Å². The maximum Gasteiger partial charge on any atom is 0.0670 e. The van der Waals surface area contributed by atoms with Gasteiger partial charge in [-0.1, -0.05) is 6.92 Å². The lowest BCUT2D eigenvalue weighted by molar-refractivity contribution is 0.0569. The predicted octanol–water partition coefficient (Wildman–Crippen LogP) is 0.690. The van der Waals surface area contributed by atoms with Crippen molar-refractivity contribution in [1.82, 2.24) is 4.90 Å². The highest BCUT2D eigenvalue weighted by atomic mass is 16.5. The number of hydrogen-bond donors (Lipinski definition) is 1. The van der Waals surface area contributed by atoms with E-state index < -0.39 is 0 Å². The third kappa shape index (κ3) is 3.63. The van der Waals surface area contributed by atoms with Crippen LogP contribution in [-0.4, -0.2) is 43.8 Å². The van der Waals surface area contributed by atoms with Crippen molar-refractivity contribution in [2.45, 2.75) is 32.4 Å². The van der Waals surface area contributed by atoms with Gasteiger partial charge in [0.05, 0.1) is 6.10 Å². The normalized spacial score (nSPS) is 33.2. The maximum atomic E-state index is 5.95. The molecule has 0 amide bonds. The molecular formula is C10H22N2O.